The summed E-state index contributed by atoms with van der Waals surface area (Å²) in [5, 5.41) is 11.6. The summed E-state index contributed by atoms with van der Waals surface area (Å²) in [5.74, 6) is 1.30. The molecule has 3 rings (SSSR count). The van der Waals surface area contributed by atoms with Crippen molar-refractivity contribution in [2.24, 2.45) is 0 Å². The number of rotatable bonds is 3. The van der Waals surface area contributed by atoms with Gasteiger partial charge in [-0.05, 0) is 39.5 Å². The molecule has 0 spiro atoms. The van der Waals surface area contributed by atoms with Crippen LogP contribution in [0.1, 0.15) is 86.2 Å². The molecule has 0 amide bonds. The van der Waals surface area contributed by atoms with Crippen molar-refractivity contribution >= 4 is 11.3 Å². The summed E-state index contributed by atoms with van der Waals surface area (Å²) in [7, 11) is 0. The van der Waals surface area contributed by atoms with Crippen LogP contribution < -0.4 is 0 Å². The summed E-state index contributed by atoms with van der Waals surface area (Å²) < 4.78 is 0. The minimum absolute atomic E-state index is 0.639. The molecule has 0 bridgehead atoms. The first kappa shape index (κ1) is 12.6. The van der Waals surface area contributed by atoms with Crippen LogP contribution in [0.15, 0.2) is 0 Å². The normalized spacial score (nSPS) is 22.4. The molecule has 2 fully saturated rings. The molecular formula is C15H23NOS. The summed E-state index contributed by atoms with van der Waals surface area (Å²) >= 11 is 1.78. The summed E-state index contributed by atoms with van der Waals surface area (Å²) in [6, 6.07) is 0. The third-order valence-electron chi connectivity index (χ3n) is 4.14. The van der Waals surface area contributed by atoms with Crippen LogP contribution in [-0.2, 0) is 5.60 Å². The largest absolute Gasteiger partial charge is 0.385 e. The Bertz CT molecular complexity index is 422. The van der Waals surface area contributed by atoms with Crippen LogP contribution in [0, 0.1) is 0 Å². The van der Waals surface area contributed by atoms with E-state index >= 15 is 0 Å². The quantitative estimate of drug-likeness (QED) is 0.884. The molecule has 0 aromatic carbocycles. The molecule has 2 nitrogen and oxygen atoms in total. The number of nitrogens with zero attached hydrogens (tertiary/aromatic N) is 1. The maximum atomic E-state index is 10.3. The molecule has 0 radical (unpaired) electrons. The predicted molar refractivity (Wildman–Crippen MR) is 75.2 cm³/mol. The third-order valence-corrected chi connectivity index (χ3v) is 5.69. The second-order valence-corrected chi connectivity index (χ2v) is 7.47. The molecule has 1 aromatic rings. The van der Waals surface area contributed by atoms with Crippen molar-refractivity contribution < 1.29 is 5.11 Å². The molecule has 2 aliphatic carbocycles. The van der Waals surface area contributed by atoms with Crippen LogP contribution >= 0.6 is 11.3 Å². The van der Waals surface area contributed by atoms with Crippen molar-refractivity contribution in [1.82, 2.24) is 4.98 Å². The Morgan fingerprint density at radius 1 is 1.06 bits per heavy atom. The first-order valence-electron chi connectivity index (χ1n) is 7.29. The number of hydrogen-bond acceptors (Lipinski definition) is 3. The smallest absolute Gasteiger partial charge is 0.0963 e. The van der Waals surface area contributed by atoms with E-state index in [1.54, 1.807) is 11.3 Å². The Labute approximate surface area is 113 Å². The topological polar surface area (TPSA) is 33.1 Å². The fourth-order valence-corrected chi connectivity index (χ4v) is 4.27. The van der Waals surface area contributed by atoms with Gasteiger partial charge in [0, 0.05) is 11.8 Å². The van der Waals surface area contributed by atoms with E-state index in [0.29, 0.717) is 11.8 Å². The minimum atomic E-state index is -0.720. The van der Waals surface area contributed by atoms with Gasteiger partial charge in [0.1, 0.15) is 0 Å². The first-order valence-corrected chi connectivity index (χ1v) is 8.11. The Morgan fingerprint density at radius 2 is 1.72 bits per heavy atom. The Morgan fingerprint density at radius 3 is 2.28 bits per heavy atom. The van der Waals surface area contributed by atoms with Gasteiger partial charge in [-0.15, -0.1) is 11.3 Å². The van der Waals surface area contributed by atoms with Crippen molar-refractivity contribution in [3.63, 3.8) is 0 Å². The standard InChI is InChI=1S/C15H23NOS/c1-15(2,17)13-12(10-8-9-10)16-14(18-13)11-6-4-3-5-7-11/h10-11,17H,3-9H2,1-2H3. The van der Waals surface area contributed by atoms with Crippen molar-refractivity contribution in [3.8, 4) is 0 Å². The van der Waals surface area contributed by atoms with Gasteiger partial charge in [-0.3, -0.25) is 0 Å². The minimum Gasteiger partial charge on any atom is -0.385 e. The zero-order chi connectivity index (χ0) is 12.8. The highest BCUT2D eigenvalue weighted by molar-refractivity contribution is 7.12. The molecule has 0 saturated heterocycles. The second-order valence-electron chi connectivity index (χ2n) is 6.43. The highest BCUT2D eigenvalue weighted by atomic mass is 32.1. The molecule has 0 atom stereocenters. The number of aromatic nitrogens is 1. The number of hydrogen-bond donors (Lipinski definition) is 1. The van der Waals surface area contributed by atoms with Crippen LogP contribution in [0.5, 0.6) is 0 Å². The summed E-state index contributed by atoms with van der Waals surface area (Å²) in [6.45, 7) is 3.80. The molecular weight excluding hydrogens is 242 g/mol. The lowest BCUT2D eigenvalue weighted by Crippen LogP contribution is -2.15. The molecule has 1 aromatic heterocycles. The van der Waals surface area contributed by atoms with E-state index in [1.165, 1.54) is 55.6 Å². The van der Waals surface area contributed by atoms with Crippen molar-refractivity contribution in [1.29, 1.82) is 0 Å². The lowest BCUT2D eigenvalue weighted by molar-refractivity contribution is 0.0813. The van der Waals surface area contributed by atoms with Gasteiger partial charge in [-0.25, -0.2) is 4.98 Å². The summed E-state index contributed by atoms with van der Waals surface area (Å²) in [5.41, 5.74) is 0.496. The lowest BCUT2D eigenvalue weighted by atomic mass is 9.90. The van der Waals surface area contributed by atoms with Gasteiger partial charge in [0.25, 0.3) is 0 Å². The van der Waals surface area contributed by atoms with Gasteiger partial charge in [0.2, 0.25) is 0 Å². The summed E-state index contributed by atoms with van der Waals surface area (Å²) in [6.07, 6.45) is 9.19. The van der Waals surface area contributed by atoms with Crippen LogP contribution in [0.25, 0.3) is 0 Å². The molecule has 1 N–H and O–H groups in total. The average molecular weight is 265 g/mol. The van der Waals surface area contributed by atoms with Crippen molar-refractivity contribution in [2.45, 2.75) is 76.2 Å². The van der Waals surface area contributed by atoms with Gasteiger partial charge in [0.15, 0.2) is 0 Å². The van der Waals surface area contributed by atoms with Gasteiger partial charge >= 0.3 is 0 Å². The Kier molecular flexibility index (Phi) is 3.23. The SMILES string of the molecule is CC(C)(O)c1sc(C2CCCCC2)nc1C1CC1. The van der Waals surface area contributed by atoms with E-state index in [4.69, 9.17) is 4.98 Å². The number of thiazole rings is 1. The molecule has 2 aliphatic rings. The van der Waals surface area contributed by atoms with Crippen LogP contribution in [0.2, 0.25) is 0 Å². The van der Waals surface area contributed by atoms with Gasteiger partial charge < -0.3 is 5.11 Å². The highest BCUT2D eigenvalue weighted by Crippen LogP contribution is 2.47. The summed E-state index contributed by atoms with van der Waals surface area (Å²) in [4.78, 5) is 6.05. The Hall–Kier alpha value is -0.410. The van der Waals surface area contributed by atoms with Gasteiger partial charge in [-0.2, -0.15) is 0 Å². The molecule has 18 heavy (non-hydrogen) atoms. The van der Waals surface area contributed by atoms with E-state index < -0.39 is 5.60 Å². The third kappa shape index (κ3) is 2.48. The molecule has 100 valence electrons. The van der Waals surface area contributed by atoms with E-state index in [9.17, 15) is 5.11 Å². The zero-order valence-corrected chi connectivity index (χ0v) is 12.2. The van der Waals surface area contributed by atoms with E-state index in [-0.39, 0.29) is 0 Å². The number of aliphatic hydroxyl groups is 1. The highest BCUT2D eigenvalue weighted by Gasteiger charge is 2.35. The van der Waals surface area contributed by atoms with Gasteiger partial charge in [0.05, 0.1) is 21.2 Å². The molecule has 0 aliphatic heterocycles. The Balaban J connectivity index is 1.91. The zero-order valence-electron chi connectivity index (χ0n) is 11.4. The van der Waals surface area contributed by atoms with Crippen LogP contribution in [0.3, 0.4) is 0 Å². The predicted octanol–water partition coefficient (Wildman–Crippen LogP) is 4.30. The van der Waals surface area contributed by atoms with E-state index in [1.807, 2.05) is 13.8 Å². The van der Waals surface area contributed by atoms with Crippen molar-refractivity contribution in [3.05, 3.63) is 15.6 Å². The lowest BCUT2D eigenvalue weighted by Gasteiger charge is -2.19. The fourth-order valence-electron chi connectivity index (χ4n) is 2.95. The molecule has 0 unspecified atom stereocenters. The van der Waals surface area contributed by atoms with Gasteiger partial charge in [-0.1, -0.05) is 19.3 Å². The van der Waals surface area contributed by atoms with Crippen molar-refractivity contribution in [2.75, 3.05) is 0 Å². The average Bonchev–Trinajstić information content (AvgIpc) is 3.07. The fraction of sp³-hybridized carbons (Fsp3) is 0.800. The monoisotopic (exact) mass is 265 g/mol. The molecule has 2 saturated carbocycles. The maximum absolute atomic E-state index is 10.3. The van der Waals surface area contributed by atoms with E-state index in [0.717, 1.165) is 4.88 Å². The van der Waals surface area contributed by atoms with Crippen LogP contribution in [-0.4, -0.2) is 10.1 Å². The molecule has 3 heteroatoms. The first-order chi connectivity index (χ1) is 8.55. The van der Waals surface area contributed by atoms with Crippen LogP contribution in [0.4, 0.5) is 0 Å². The maximum Gasteiger partial charge on any atom is 0.0963 e. The second kappa shape index (κ2) is 4.61. The molecule has 1 heterocycles. The van der Waals surface area contributed by atoms with E-state index in [2.05, 4.69) is 0 Å².